The van der Waals surface area contributed by atoms with E-state index in [-0.39, 0.29) is 18.2 Å². The first-order chi connectivity index (χ1) is 15.1. The van der Waals surface area contributed by atoms with Gasteiger partial charge in [0.2, 0.25) is 0 Å². The van der Waals surface area contributed by atoms with E-state index >= 15 is 0 Å². The van der Waals surface area contributed by atoms with Crippen LogP contribution in [-0.4, -0.2) is 59.1 Å². The molecular formula is C24H33N3O5. The Kier molecular flexibility index (Phi) is 7.13. The summed E-state index contributed by atoms with van der Waals surface area (Å²) in [5, 5.41) is 16.1. The minimum atomic E-state index is -0.562. The maximum absolute atomic E-state index is 12.7. The molecule has 2 aromatic rings. The van der Waals surface area contributed by atoms with Crippen LogP contribution in [0, 0.1) is 0 Å². The Hall–Kier alpha value is -3.00. The van der Waals surface area contributed by atoms with Crippen molar-refractivity contribution in [3.8, 4) is 5.75 Å². The Balaban J connectivity index is 1.61. The van der Waals surface area contributed by atoms with Crippen molar-refractivity contribution in [1.82, 2.24) is 15.3 Å². The normalized spacial score (nSPS) is 15.9. The third kappa shape index (κ3) is 5.43. The molecule has 174 valence electrons. The number of ether oxygens (including phenoxy) is 2. The molecule has 1 saturated heterocycles. The number of piperidine rings is 1. The Labute approximate surface area is 189 Å². The van der Waals surface area contributed by atoms with Crippen LogP contribution in [0.5, 0.6) is 5.75 Å². The number of methoxy groups -OCH3 is 1. The number of carbonyl (C=O) groups excluding carboxylic acids is 2. The average Bonchev–Trinajstić information content (AvgIpc) is 2.76. The third-order valence-electron chi connectivity index (χ3n) is 5.61. The second kappa shape index (κ2) is 9.65. The monoisotopic (exact) mass is 443 g/mol. The molecule has 1 aliphatic heterocycles. The lowest BCUT2D eigenvalue weighted by molar-refractivity contribution is -0.0933. The third-order valence-corrected chi connectivity index (χ3v) is 5.61. The molecule has 0 radical (unpaired) electrons. The lowest BCUT2D eigenvalue weighted by Crippen LogP contribution is -2.51. The van der Waals surface area contributed by atoms with Gasteiger partial charge in [0, 0.05) is 18.5 Å². The first kappa shape index (κ1) is 23.7. The molecule has 1 fully saturated rings. The van der Waals surface area contributed by atoms with Crippen molar-refractivity contribution in [1.29, 1.82) is 0 Å². The number of nitrogens with one attached hydrogen (secondary N) is 1. The second-order valence-electron chi connectivity index (χ2n) is 9.12. The maximum Gasteiger partial charge on any atom is 0.410 e. The van der Waals surface area contributed by atoms with Crippen molar-refractivity contribution < 1.29 is 24.3 Å². The predicted octanol–water partition coefficient (Wildman–Crippen LogP) is 4.71. The molecule has 1 atom stereocenters. The summed E-state index contributed by atoms with van der Waals surface area (Å²) < 4.78 is 10.8. The summed E-state index contributed by atoms with van der Waals surface area (Å²) in [5.41, 5.74) is 0.376. The minimum absolute atomic E-state index is 0.324. The van der Waals surface area contributed by atoms with E-state index in [2.05, 4.69) is 5.32 Å². The number of hydroxylamine groups is 2. The highest BCUT2D eigenvalue weighted by molar-refractivity contribution is 5.91. The van der Waals surface area contributed by atoms with Gasteiger partial charge in [0.15, 0.2) is 0 Å². The van der Waals surface area contributed by atoms with Gasteiger partial charge >= 0.3 is 12.1 Å². The summed E-state index contributed by atoms with van der Waals surface area (Å²) in [6, 6.07) is 10.4. The zero-order valence-corrected chi connectivity index (χ0v) is 19.4. The molecule has 0 saturated carbocycles. The number of rotatable bonds is 4. The highest BCUT2D eigenvalue weighted by atomic mass is 16.6. The van der Waals surface area contributed by atoms with Crippen LogP contribution in [0.3, 0.4) is 0 Å². The number of amides is 3. The molecule has 0 aromatic heterocycles. The van der Waals surface area contributed by atoms with Crippen LogP contribution in [-0.2, 0) is 4.74 Å². The van der Waals surface area contributed by atoms with E-state index in [1.165, 1.54) is 0 Å². The predicted molar refractivity (Wildman–Crippen MR) is 122 cm³/mol. The fraction of sp³-hybridized carbons (Fsp3) is 0.500. The number of benzene rings is 2. The first-order valence-electron chi connectivity index (χ1n) is 10.9. The van der Waals surface area contributed by atoms with Gasteiger partial charge in [0.1, 0.15) is 11.4 Å². The summed E-state index contributed by atoms with van der Waals surface area (Å²) in [6.07, 6.45) is 0.580. The van der Waals surface area contributed by atoms with Gasteiger partial charge in [-0.2, -0.15) is 0 Å². The smallest absolute Gasteiger partial charge is 0.410 e. The van der Waals surface area contributed by atoms with Gasteiger partial charge in [-0.15, -0.1) is 0 Å². The summed E-state index contributed by atoms with van der Waals surface area (Å²) in [4.78, 5) is 26.6. The zero-order valence-electron chi connectivity index (χ0n) is 19.4. The molecular weight excluding hydrogens is 410 g/mol. The van der Waals surface area contributed by atoms with E-state index in [1.54, 1.807) is 12.0 Å². The second-order valence-corrected chi connectivity index (χ2v) is 9.12. The topological polar surface area (TPSA) is 91.3 Å². The highest BCUT2D eigenvalue weighted by Gasteiger charge is 2.31. The van der Waals surface area contributed by atoms with Gasteiger partial charge < -0.3 is 19.7 Å². The van der Waals surface area contributed by atoms with E-state index in [0.29, 0.717) is 25.9 Å². The summed E-state index contributed by atoms with van der Waals surface area (Å²) in [7, 11) is 1.63. The summed E-state index contributed by atoms with van der Waals surface area (Å²) in [6.45, 7) is 8.19. The van der Waals surface area contributed by atoms with Crippen LogP contribution in [0.2, 0.25) is 0 Å². The molecule has 32 heavy (non-hydrogen) atoms. The Morgan fingerprint density at radius 2 is 1.75 bits per heavy atom. The van der Waals surface area contributed by atoms with E-state index in [1.807, 2.05) is 64.1 Å². The van der Waals surface area contributed by atoms with E-state index in [4.69, 9.17) is 9.47 Å². The van der Waals surface area contributed by atoms with Gasteiger partial charge in [-0.05, 0) is 57.6 Å². The lowest BCUT2D eigenvalue weighted by atomic mass is 9.99. The molecule has 0 aliphatic carbocycles. The van der Waals surface area contributed by atoms with Crippen LogP contribution in [0.15, 0.2) is 36.4 Å². The largest absolute Gasteiger partial charge is 0.496 e. The molecule has 0 bridgehead atoms. The minimum Gasteiger partial charge on any atom is -0.496 e. The highest BCUT2D eigenvalue weighted by Crippen LogP contribution is 2.31. The number of hydrogen-bond acceptors (Lipinski definition) is 5. The standard InChI is InChI=1S/C24H33N3O5/c1-16(18-10-11-21(31-5)20-9-7-6-8-19(18)20)25-22(28)27(30)17-12-14-26(15-13-17)23(29)32-24(2,3)4/h6-11,16-17,30H,12-15H2,1-5H3,(H,25,28). The van der Waals surface area contributed by atoms with Crippen molar-refractivity contribution in [2.45, 2.75) is 58.2 Å². The summed E-state index contributed by atoms with van der Waals surface area (Å²) >= 11 is 0. The average molecular weight is 444 g/mol. The van der Waals surface area contributed by atoms with Gasteiger partial charge in [0.25, 0.3) is 0 Å². The molecule has 8 nitrogen and oxygen atoms in total. The SMILES string of the molecule is COc1ccc(C(C)NC(=O)N(O)C2CCN(C(=O)OC(C)(C)C)CC2)c2ccccc12. The van der Waals surface area contributed by atoms with E-state index < -0.39 is 11.6 Å². The molecule has 1 unspecified atom stereocenters. The Morgan fingerprint density at radius 1 is 1.12 bits per heavy atom. The quantitative estimate of drug-likeness (QED) is 0.527. The number of hydrogen-bond donors (Lipinski definition) is 2. The number of fused-ring (bicyclic) bond motifs is 1. The number of likely N-dealkylation sites (tertiary alicyclic amines) is 1. The van der Waals surface area contributed by atoms with Gasteiger partial charge in [0.05, 0.1) is 19.2 Å². The van der Waals surface area contributed by atoms with Crippen LogP contribution in [0.25, 0.3) is 10.8 Å². The molecule has 1 aliphatic rings. The van der Waals surface area contributed by atoms with Crippen LogP contribution in [0.4, 0.5) is 9.59 Å². The Bertz CT molecular complexity index is 964. The number of nitrogens with zero attached hydrogens (tertiary/aromatic N) is 2. The fourth-order valence-electron chi connectivity index (χ4n) is 3.96. The van der Waals surface area contributed by atoms with Gasteiger partial charge in [-0.1, -0.05) is 30.3 Å². The maximum atomic E-state index is 12.7. The molecule has 8 heteroatoms. The van der Waals surface area contributed by atoms with E-state index in [9.17, 15) is 14.8 Å². The summed E-state index contributed by atoms with van der Waals surface area (Å²) in [5.74, 6) is 0.767. The molecule has 3 rings (SSSR count). The number of carbonyl (C=O) groups is 2. The van der Waals surface area contributed by atoms with Crippen LogP contribution < -0.4 is 10.1 Å². The van der Waals surface area contributed by atoms with Crippen molar-refractivity contribution in [2.75, 3.05) is 20.2 Å². The molecule has 0 spiro atoms. The lowest BCUT2D eigenvalue weighted by Gasteiger charge is -2.36. The van der Waals surface area contributed by atoms with Crippen molar-refractivity contribution >= 4 is 22.9 Å². The van der Waals surface area contributed by atoms with Crippen molar-refractivity contribution in [3.05, 3.63) is 42.0 Å². The Morgan fingerprint density at radius 3 is 2.34 bits per heavy atom. The molecule has 2 N–H and O–H groups in total. The molecule has 2 aromatic carbocycles. The molecule has 1 heterocycles. The van der Waals surface area contributed by atoms with Crippen LogP contribution >= 0.6 is 0 Å². The molecule has 3 amide bonds. The number of urea groups is 1. The van der Waals surface area contributed by atoms with Crippen molar-refractivity contribution in [2.24, 2.45) is 0 Å². The van der Waals surface area contributed by atoms with Gasteiger partial charge in [-0.3, -0.25) is 5.21 Å². The zero-order chi connectivity index (χ0) is 23.5. The van der Waals surface area contributed by atoms with Gasteiger partial charge in [-0.25, -0.2) is 14.7 Å². The first-order valence-corrected chi connectivity index (χ1v) is 10.9. The van der Waals surface area contributed by atoms with Crippen LogP contribution in [0.1, 0.15) is 52.1 Å². The fourth-order valence-corrected chi connectivity index (χ4v) is 3.96. The van der Waals surface area contributed by atoms with Crippen molar-refractivity contribution in [3.63, 3.8) is 0 Å². The van der Waals surface area contributed by atoms with E-state index in [0.717, 1.165) is 27.1 Å².